The highest BCUT2D eigenvalue weighted by Crippen LogP contribution is 2.50. The summed E-state index contributed by atoms with van der Waals surface area (Å²) < 4.78 is 0. The molecule has 1 unspecified atom stereocenters. The molecule has 3 atom stereocenters. The van der Waals surface area contributed by atoms with E-state index in [1.165, 1.54) is 28.5 Å². The smallest absolute Gasteiger partial charge is 0.222 e. The molecule has 1 amide bonds. The second-order valence-electron chi connectivity index (χ2n) is 7.37. The van der Waals surface area contributed by atoms with Crippen molar-refractivity contribution in [3.63, 3.8) is 0 Å². The van der Waals surface area contributed by atoms with Crippen molar-refractivity contribution in [2.24, 2.45) is 5.92 Å². The Morgan fingerprint density at radius 2 is 2.27 bits per heavy atom. The zero-order chi connectivity index (χ0) is 15.5. The van der Waals surface area contributed by atoms with Gasteiger partial charge in [-0.2, -0.15) is 0 Å². The zero-order valence-corrected chi connectivity index (χ0v) is 13.6. The lowest BCUT2D eigenvalue weighted by Gasteiger charge is -2.54. The van der Waals surface area contributed by atoms with Crippen molar-refractivity contribution in [1.82, 2.24) is 9.88 Å². The van der Waals surface area contributed by atoms with E-state index in [1.807, 2.05) is 6.92 Å². The third-order valence-corrected chi connectivity index (χ3v) is 5.85. The second kappa shape index (κ2) is 4.61. The maximum absolute atomic E-state index is 12.6. The number of carbonyl (C=O) groups excluding carboxylic acids is 1. The van der Waals surface area contributed by atoms with Gasteiger partial charge >= 0.3 is 0 Å². The molecule has 1 saturated heterocycles. The lowest BCUT2D eigenvalue weighted by atomic mass is 9.64. The predicted molar refractivity (Wildman–Crippen MR) is 88.9 cm³/mol. The van der Waals surface area contributed by atoms with E-state index in [1.54, 1.807) is 0 Å². The summed E-state index contributed by atoms with van der Waals surface area (Å²) in [6.45, 7) is 7.45. The molecule has 3 nitrogen and oxygen atoms in total. The Morgan fingerprint density at radius 3 is 3.05 bits per heavy atom. The lowest BCUT2D eigenvalue weighted by Crippen LogP contribution is -2.60. The van der Waals surface area contributed by atoms with E-state index in [-0.39, 0.29) is 5.54 Å². The van der Waals surface area contributed by atoms with E-state index in [2.05, 4.69) is 48.1 Å². The van der Waals surface area contributed by atoms with Crippen molar-refractivity contribution >= 4 is 16.8 Å². The molecule has 1 aromatic heterocycles. The Hall–Kier alpha value is -1.77. The third kappa shape index (κ3) is 1.71. The molecular weight excluding hydrogens is 272 g/mol. The fourth-order valence-electron chi connectivity index (χ4n) is 4.80. The van der Waals surface area contributed by atoms with Crippen LogP contribution in [0.5, 0.6) is 0 Å². The van der Waals surface area contributed by atoms with Crippen LogP contribution in [-0.4, -0.2) is 27.9 Å². The molecule has 1 aliphatic carbocycles. The lowest BCUT2D eigenvalue weighted by molar-refractivity contribution is -0.141. The van der Waals surface area contributed by atoms with E-state index in [0.29, 0.717) is 24.2 Å². The first-order valence-electron chi connectivity index (χ1n) is 8.44. The van der Waals surface area contributed by atoms with Crippen LogP contribution in [0.3, 0.4) is 0 Å². The summed E-state index contributed by atoms with van der Waals surface area (Å²) in [4.78, 5) is 18.2. The number of likely N-dealkylation sites (tertiary alicyclic amines) is 1. The zero-order valence-electron chi connectivity index (χ0n) is 13.6. The summed E-state index contributed by atoms with van der Waals surface area (Å²) in [5.41, 5.74) is 3.96. The molecule has 2 heterocycles. The second-order valence-corrected chi connectivity index (χ2v) is 7.37. The summed E-state index contributed by atoms with van der Waals surface area (Å²) in [6.07, 6.45) is 4.88. The standard InChI is InChI=1S/C19H24N2O/c1-4-17(22)21-11-12(2)8-15-14-6-5-7-16-18(14)13(10-20-16)9-19(15,21)3/h5-7,10,12,15,20H,4,8-9,11H2,1-3H3/t12-,15?,19-/m1/s1. The predicted octanol–water partition coefficient (Wildman–Crippen LogP) is 3.84. The highest BCUT2D eigenvalue weighted by Gasteiger charge is 2.49. The molecule has 1 aromatic carbocycles. The van der Waals surface area contributed by atoms with Gasteiger partial charge in [0, 0.05) is 36.0 Å². The first-order chi connectivity index (χ1) is 10.5. The molecule has 1 aliphatic heterocycles. The Balaban J connectivity index is 1.90. The minimum atomic E-state index is -0.0803. The number of carbonyl (C=O) groups is 1. The molecule has 2 aromatic rings. The number of fused-ring (bicyclic) bond motifs is 2. The first-order valence-corrected chi connectivity index (χ1v) is 8.44. The highest BCUT2D eigenvalue weighted by molar-refractivity contribution is 5.89. The average molecular weight is 296 g/mol. The van der Waals surface area contributed by atoms with Crippen molar-refractivity contribution in [2.75, 3.05) is 6.54 Å². The normalized spacial score (nSPS) is 30.4. The average Bonchev–Trinajstić information content (AvgIpc) is 2.91. The number of H-pyrrole nitrogens is 1. The molecule has 22 heavy (non-hydrogen) atoms. The SMILES string of the molecule is CCC(=O)N1C[C@H](C)CC2c3cccc4[nH]cc(c34)C[C@]21C. The van der Waals surface area contributed by atoms with Crippen molar-refractivity contribution in [3.8, 4) is 0 Å². The van der Waals surface area contributed by atoms with Crippen molar-refractivity contribution in [3.05, 3.63) is 35.5 Å². The third-order valence-electron chi connectivity index (χ3n) is 5.85. The summed E-state index contributed by atoms with van der Waals surface area (Å²) >= 11 is 0. The summed E-state index contributed by atoms with van der Waals surface area (Å²) in [5.74, 6) is 1.30. The number of hydrogen-bond donors (Lipinski definition) is 1. The molecule has 0 spiro atoms. The van der Waals surface area contributed by atoms with Gasteiger partial charge in [-0.3, -0.25) is 4.79 Å². The number of nitrogens with one attached hydrogen (secondary N) is 1. The monoisotopic (exact) mass is 296 g/mol. The molecule has 1 fully saturated rings. The Labute approximate surface area is 131 Å². The van der Waals surface area contributed by atoms with Crippen LogP contribution in [0.25, 0.3) is 10.9 Å². The molecule has 0 bridgehead atoms. The number of aromatic amines is 1. The van der Waals surface area contributed by atoms with E-state index >= 15 is 0 Å². The van der Waals surface area contributed by atoms with Crippen LogP contribution in [0.2, 0.25) is 0 Å². The summed E-state index contributed by atoms with van der Waals surface area (Å²) in [6, 6.07) is 6.58. The number of aromatic nitrogens is 1. The number of amides is 1. The Bertz CT molecular complexity index is 747. The number of benzene rings is 1. The fourth-order valence-corrected chi connectivity index (χ4v) is 4.80. The van der Waals surface area contributed by atoms with Crippen LogP contribution in [0, 0.1) is 5.92 Å². The molecule has 3 heteroatoms. The van der Waals surface area contributed by atoms with Gasteiger partial charge in [-0.25, -0.2) is 0 Å². The van der Waals surface area contributed by atoms with Gasteiger partial charge in [0.2, 0.25) is 5.91 Å². The van der Waals surface area contributed by atoms with Gasteiger partial charge in [0.1, 0.15) is 0 Å². The van der Waals surface area contributed by atoms with E-state index in [0.717, 1.165) is 13.0 Å². The van der Waals surface area contributed by atoms with Crippen molar-refractivity contribution in [2.45, 2.75) is 51.5 Å². The molecular formula is C19H24N2O. The summed E-state index contributed by atoms with van der Waals surface area (Å²) in [7, 11) is 0. The maximum Gasteiger partial charge on any atom is 0.222 e. The largest absolute Gasteiger partial charge is 0.361 e. The summed E-state index contributed by atoms with van der Waals surface area (Å²) in [5, 5.41) is 1.41. The number of nitrogens with zero attached hydrogens (tertiary/aromatic N) is 1. The number of rotatable bonds is 1. The van der Waals surface area contributed by atoms with Crippen LogP contribution < -0.4 is 0 Å². The van der Waals surface area contributed by atoms with Gasteiger partial charge in [-0.1, -0.05) is 26.0 Å². The minimum Gasteiger partial charge on any atom is -0.361 e. The van der Waals surface area contributed by atoms with Gasteiger partial charge in [-0.05, 0) is 42.9 Å². The van der Waals surface area contributed by atoms with Crippen LogP contribution in [0.1, 0.15) is 50.7 Å². The minimum absolute atomic E-state index is 0.0803. The van der Waals surface area contributed by atoms with E-state index in [9.17, 15) is 4.79 Å². The van der Waals surface area contributed by atoms with Gasteiger partial charge in [0.25, 0.3) is 0 Å². The van der Waals surface area contributed by atoms with Crippen LogP contribution in [0.4, 0.5) is 0 Å². The molecule has 4 rings (SSSR count). The topological polar surface area (TPSA) is 36.1 Å². The molecule has 0 radical (unpaired) electrons. The van der Waals surface area contributed by atoms with Gasteiger partial charge < -0.3 is 9.88 Å². The number of hydrogen-bond acceptors (Lipinski definition) is 1. The quantitative estimate of drug-likeness (QED) is 0.852. The van der Waals surface area contributed by atoms with Gasteiger partial charge in [0.05, 0.1) is 5.54 Å². The molecule has 0 saturated carbocycles. The first kappa shape index (κ1) is 13.9. The molecule has 116 valence electrons. The van der Waals surface area contributed by atoms with E-state index in [4.69, 9.17) is 0 Å². The Kier molecular flexibility index (Phi) is 2.91. The van der Waals surface area contributed by atoms with Crippen LogP contribution in [0.15, 0.2) is 24.4 Å². The van der Waals surface area contributed by atoms with Gasteiger partial charge in [0.15, 0.2) is 0 Å². The van der Waals surface area contributed by atoms with Crippen LogP contribution in [-0.2, 0) is 11.2 Å². The molecule has 2 aliphatic rings. The van der Waals surface area contributed by atoms with Gasteiger partial charge in [-0.15, -0.1) is 0 Å². The fraction of sp³-hybridized carbons (Fsp3) is 0.526. The Morgan fingerprint density at radius 1 is 1.45 bits per heavy atom. The van der Waals surface area contributed by atoms with Crippen molar-refractivity contribution in [1.29, 1.82) is 0 Å². The highest BCUT2D eigenvalue weighted by atomic mass is 16.2. The van der Waals surface area contributed by atoms with Crippen LogP contribution >= 0.6 is 0 Å². The van der Waals surface area contributed by atoms with Crippen molar-refractivity contribution < 1.29 is 4.79 Å². The van der Waals surface area contributed by atoms with E-state index < -0.39 is 0 Å². The molecule has 1 N–H and O–H groups in total. The maximum atomic E-state index is 12.6. The number of piperidine rings is 1.